The van der Waals surface area contributed by atoms with E-state index in [9.17, 15) is 4.79 Å². The molecule has 1 aliphatic rings. The third kappa shape index (κ3) is 3.39. The van der Waals surface area contributed by atoms with Crippen molar-refractivity contribution in [1.29, 1.82) is 0 Å². The van der Waals surface area contributed by atoms with Crippen LogP contribution in [0, 0.1) is 5.41 Å². The molecule has 0 spiro atoms. The van der Waals surface area contributed by atoms with E-state index in [4.69, 9.17) is 5.73 Å². The highest BCUT2D eigenvalue weighted by molar-refractivity contribution is 7.98. The molecule has 1 atom stereocenters. The van der Waals surface area contributed by atoms with Crippen LogP contribution in [0.4, 0.5) is 0 Å². The molecular weight excluding hydrogens is 220 g/mol. The molecule has 94 valence electrons. The lowest BCUT2D eigenvalue weighted by Gasteiger charge is -2.27. The monoisotopic (exact) mass is 244 g/mol. The topological polar surface area (TPSA) is 55.1 Å². The summed E-state index contributed by atoms with van der Waals surface area (Å²) in [5.74, 6) is 1.28. The molecule has 16 heavy (non-hydrogen) atoms. The molecule has 0 radical (unpaired) electrons. The van der Waals surface area contributed by atoms with Crippen molar-refractivity contribution in [1.82, 2.24) is 5.32 Å². The van der Waals surface area contributed by atoms with Crippen molar-refractivity contribution in [3.63, 3.8) is 0 Å². The van der Waals surface area contributed by atoms with E-state index in [1.807, 2.05) is 11.8 Å². The lowest BCUT2D eigenvalue weighted by molar-refractivity contribution is -0.131. The number of hydrogen-bond acceptors (Lipinski definition) is 3. The number of carbonyl (C=O) groups excluding carboxylic acids is 1. The van der Waals surface area contributed by atoms with Crippen LogP contribution in [0.1, 0.15) is 39.0 Å². The predicted octanol–water partition coefficient (Wildman–Crippen LogP) is 1.76. The minimum Gasteiger partial charge on any atom is -0.353 e. The summed E-state index contributed by atoms with van der Waals surface area (Å²) in [4.78, 5) is 12.2. The Hall–Kier alpha value is -0.220. The summed E-state index contributed by atoms with van der Waals surface area (Å²) in [6.07, 6.45) is 7.34. The van der Waals surface area contributed by atoms with E-state index in [1.165, 1.54) is 0 Å². The quantitative estimate of drug-likeness (QED) is 0.748. The summed E-state index contributed by atoms with van der Waals surface area (Å²) in [7, 11) is 0. The number of amides is 1. The molecule has 3 nitrogen and oxygen atoms in total. The van der Waals surface area contributed by atoms with E-state index in [2.05, 4.69) is 18.5 Å². The Balaban J connectivity index is 2.43. The maximum Gasteiger partial charge on any atom is 0.227 e. The first-order valence-corrected chi connectivity index (χ1v) is 7.54. The minimum atomic E-state index is -0.256. The van der Waals surface area contributed by atoms with Gasteiger partial charge in [0.15, 0.2) is 0 Å². The zero-order chi connectivity index (χ0) is 12.0. The molecule has 1 fully saturated rings. The molecule has 0 bridgehead atoms. The first-order valence-electron chi connectivity index (χ1n) is 6.14. The number of rotatable bonds is 6. The standard InChI is InChI=1S/C12H24N2OS/c1-10(5-8-16-2)14-11(15)12(9-13)6-3-4-7-12/h10H,3-9,13H2,1-2H3,(H,14,15). The Morgan fingerprint density at radius 3 is 2.62 bits per heavy atom. The summed E-state index contributed by atoms with van der Waals surface area (Å²) in [6, 6.07) is 0.268. The number of nitrogens with one attached hydrogen (secondary N) is 1. The van der Waals surface area contributed by atoms with Crippen LogP contribution in [-0.2, 0) is 4.79 Å². The van der Waals surface area contributed by atoms with Crippen LogP contribution in [0.15, 0.2) is 0 Å². The van der Waals surface area contributed by atoms with Crippen molar-refractivity contribution >= 4 is 17.7 Å². The molecule has 0 aromatic heterocycles. The Kier molecular flexibility index (Phi) is 5.62. The summed E-state index contributed by atoms with van der Waals surface area (Å²) >= 11 is 1.82. The first-order chi connectivity index (χ1) is 7.64. The molecule has 0 saturated heterocycles. The molecule has 3 N–H and O–H groups in total. The average Bonchev–Trinajstić information content (AvgIpc) is 2.76. The summed E-state index contributed by atoms with van der Waals surface area (Å²) in [5, 5.41) is 3.12. The third-order valence-electron chi connectivity index (χ3n) is 3.57. The zero-order valence-electron chi connectivity index (χ0n) is 10.4. The lowest BCUT2D eigenvalue weighted by atomic mass is 9.85. The van der Waals surface area contributed by atoms with Crippen molar-refractivity contribution in [2.45, 2.75) is 45.1 Å². The largest absolute Gasteiger partial charge is 0.353 e. The van der Waals surface area contributed by atoms with Crippen LogP contribution >= 0.6 is 11.8 Å². The van der Waals surface area contributed by atoms with Gasteiger partial charge in [-0.2, -0.15) is 11.8 Å². The molecule has 4 heteroatoms. The van der Waals surface area contributed by atoms with Gasteiger partial charge in [-0.3, -0.25) is 4.79 Å². The third-order valence-corrected chi connectivity index (χ3v) is 4.21. The van der Waals surface area contributed by atoms with Crippen molar-refractivity contribution in [2.75, 3.05) is 18.6 Å². The molecule has 1 amide bonds. The molecule has 1 aliphatic carbocycles. The van der Waals surface area contributed by atoms with E-state index < -0.39 is 0 Å². The lowest BCUT2D eigenvalue weighted by Crippen LogP contribution is -2.47. The molecule has 0 aliphatic heterocycles. The van der Waals surface area contributed by atoms with E-state index in [0.717, 1.165) is 37.9 Å². The number of nitrogens with two attached hydrogens (primary N) is 1. The second-order valence-electron chi connectivity index (χ2n) is 4.85. The number of thioether (sulfide) groups is 1. The van der Waals surface area contributed by atoms with Gasteiger partial charge in [0.1, 0.15) is 0 Å². The minimum absolute atomic E-state index is 0.182. The molecule has 1 rings (SSSR count). The van der Waals surface area contributed by atoms with Crippen LogP contribution in [-0.4, -0.2) is 30.5 Å². The highest BCUT2D eigenvalue weighted by Crippen LogP contribution is 2.37. The second kappa shape index (κ2) is 6.50. The van der Waals surface area contributed by atoms with Gasteiger partial charge in [0, 0.05) is 12.6 Å². The van der Waals surface area contributed by atoms with E-state index >= 15 is 0 Å². The van der Waals surface area contributed by atoms with Gasteiger partial charge in [-0.25, -0.2) is 0 Å². The normalized spacial score (nSPS) is 20.7. The van der Waals surface area contributed by atoms with Gasteiger partial charge in [-0.1, -0.05) is 12.8 Å². The smallest absolute Gasteiger partial charge is 0.227 e. The van der Waals surface area contributed by atoms with Gasteiger partial charge in [-0.05, 0) is 38.2 Å². The number of carbonyl (C=O) groups is 1. The number of hydrogen-bond donors (Lipinski definition) is 2. The van der Waals surface area contributed by atoms with Crippen molar-refractivity contribution < 1.29 is 4.79 Å². The summed E-state index contributed by atoms with van der Waals surface area (Å²) in [5.41, 5.74) is 5.52. The maximum absolute atomic E-state index is 12.2. The predicted molar refractivity (Wildman–Crippen MR) is 70.6 cm³/mol. The highest BCUT2D eigenvalue weighted by atomic mass is 32.2. The van der Waals surface area contributed by atoms with Crippen molar-refractivity contribution in [3.8, 4) is 0 Å². The van der Waals surface area contributed by atoms with Gasteiger partial charge < -0.3 is 11.1 Å². The molecule has 1 unspecified atom stereocenters. The maximum atomic E-state index is 12.2. The Bertz CT molecular complexity index is 227. The Morgan fingerprint density at radius 2 is 2.12 bits per heavy atom. The summed E-state index contributed by atoms with van der Waals surface area (Å²) < 4.78 is 0. The molecule has 0 aromatic rings. The van der Waals surface area contributed by atoms with Gasteiger partial charge >= 0.3 is 0 Å². The van der Waals surface area contributed by atoms with Crippen LogP contribution in [0.2, 0.25) is 0 Å². The van der Waals surface area contributed by atoms with Crippen LogP contribution in [0.3, 0.4) is 0 Å². The van der Waals surface area contributed by atoms with E-state index in [-0.39, 0.29) is 17.4 Å². The van der Waals surface area contributed by atoms with E-state index in [0.29, 0.717) is 6.54 Å². The summed E-state index contributed by atoms with van der Waals surface area (Å²) in [6.45, 7) is 2.57. The van der Waals surface area contributed by atoms with Crippen LogP contribution in [0.25, 0.3) is 0 Å². The van der Waals surface area contributed by atoms with Gasteiger partial charge in [-0.15, -0.1) is 0 Å². The first kappa shape index (κ1) is 13.8. The zero-order valence-corrected chi connectivity index (χ0v) is 11.2. The fourth-order valence-corrected chi connectivity index (χ4v) is 2.91. The van der Waals surface area contributed by atoms with Gasteiger partial charge in [0.25, 0.3) is 0 Å². The fourth-order valence-electron chi connectivity index (χ4n) is 2.32. The SMILES string of the molecule is CSCCC(C)NC(=O)C1(CN)CCCC1. The Morgan fingerprint density at radius 1 is 1.50 bits per heavy atom. The second-order valence-corrected chi connectivity index (χ2v) is 5.83. The van der Waals surface area contributed by atoms with Crippen LogP contribution in [0.5, 0.6) is 0 Å². The molecule has 0 aromatic carbocycles. The van der Waals surface area contributed by atoms with Crippen molar-refractivity contribution in [2.24, 2.45) is 11.1 Å². The Labute approximate surface area is 103 Å². The molecule has 0 heterocycles. The highest BCUT2D eigenvalue weighted by Gasteiger charge is 2.39. The van der Waals surface area contributed by atoms with Gasteiger partial charge in [0.05, 0.1) is 5.41 Å². The fraction of sp³-hybridized carbons (Fsp3) is 0.917. The molecule has 1 saturated carbocycles. The average molecular weight is 244 g/mol. The molecular formula is C12H24N2OS. The van der Waals surface area contributed by atoms with Crippen LogP contribution < -0.4 is 11.1 Å². The van der Waals surface area contributed by atoms with E-state index in [1.54, 1.807) is 0 Å². The van der Waals surface area contributed by atoms with Gasteiger partial charge in [0.2, 0.25) is 5.91 Å². The van der Waals surface area contributed by atoms with Crippen molar-refractivity contribution in [3.05, 3.63) is 0 Å².